The number of hydrogen-bond acceptors (Lipinski definition) is 9. The molecule has 4 heterocycles. The Labute approximate surface area is 219 Å². The predicted molar refractivity (Wildman–Crippen MR) is 138 cm³/mol. The normalized spacial score (nSPS) is 16.4. The van der Waals surface area contributed by atoms with Crippen molar-refractivity contribution < 1.29 is 22.7 Å². The Balaban J connectivity index is 1.47. The zero-order valence-corrected chi connectivity index (χ0v) is 21.3. The number of carbonyl (C=O) groups excluding carboxylic acids is 1. The number of nitrogens with one attached hydrogen (secondary N) is 3. The molecule has 1 aliphatic heterocycles. The number of pyridine rings is 1. The van der Waals surface area contributed by atoms with Crippen LogP contribution in [0.2, 0.25) is 0 Å². The van der Waals surface area contributed by atoms with E-state index >= 15 is 0 Å². The van der Waals surface area contributed by atoms with E-state index in [4.69, 9.17) is 4.74 Å². The van der Waals surface area contributed by atoms with Crippen molar-refractivity contribution in [2.45, 2.75) is 44.9 Å². The third-order valence-corrected chi connectivity index (χ3v) is 6.99. The van der Waals surface area contributed by atoms with E-state index in [-0.39, 0.29) is 29.7 Å². The zero-order chi connectivity index (χ0) is 26.9. The molecule has 0 radical (unpaired) electrons. The highest BCUT2D eigenvalue weighted by molar-refractivity contribution is 7.22. The van der Waals surface area contributed by atoms with Crippen LogP contribution in [-0.2, 0) is 11.0 Å². The van der Waals surface area contributed by atoms with Crippen LogP contribution in [0.15, 0.2) is 42.7 Å². The second kappa shape index (κ2) is 10.5. The number of fused-ring (bicyclic) bond motifs is 1. The first-order valence-corrected chi connectivity index (χ1v) is 12.7. The molecule has 38 heavy (non-hydrogen) atoms. The van der Waals surface area contributed by atoms with Crippen LogP contribution < -0.4 is 20.7 Å². The van der Waals surface area contributed by atoms with Crippen molar-refractivity contribution in [1.82, 2.24) is 25.3 Å². The first-order valence-electron chi connectivity index (χ1n) is 11.9. The molecule has 4 aromatic rings. The second-order valence-electron chi connectivity index (χ2n) is 8.87. The maximum atomic E-state index is 13.5. The van der Waals surface area contributed by atoms with Crippen LogP contribution in [0.5, 0.6) is 11.6 Å². The molecule has 1 amide bonds. The number of aromatic nitrogens is 4. The number of anilines is 2. The molecular weight excluding hydrogens is 519 g/mol. The fraction of sp³-hybridized carbons (Fsp3) is 0.320. The van der Waals surface area contributed by atoms with Crippen molar-refractivity contribution in [2.24, 2.45) is 0 Å². The molecule has 198 valence electrons. The van der Waals surface area contributed by atoms with Gasteiger partial charge in [-0.2, -0.15) is 13.2 Å². The summed E-state index contributed by atoms with van der Waals surface area (Å²) < 4.78 is 47.2. The first kappa shape index (κ1) is 25.8. The maximum absolute atomic E-state index is 13.5. The highest BCUT2D eigenvalue weighted by atomic mass is 32.1. The standard InChI is InChI=1S/C25H24F3N7O2S/c1-13(16-5-4-10-29-16)32-23-15(8-9-20(34-23)25(26,27)28)17-11-21(31-12-30-17)37-18-6-3-7-19-22(18)35-24(38-19)33-14(2)36/h3,6-9,11-13,16,29H,4-5,10H2,1-2H3,(H,32,34)(H,33,35,36). The van der Waals surface area contributed by atoms with Crippen molar-refractivity contribution in [3.8, 4) is 22.9 Å². The number of benzene rings is 1. The Morgan fingerprint density at radius 2 is 2.05 bits per heavy atom. The number of nitrogens with zero attached hydrogens (tertiary/aromatic N) is 4. The average Bonchev–Trinajstić information content (AvgIpc) is 3.54. The number of thiazole rings is 1. The highest BCUT2D eigenvalue weighted by Gasteiger charge is 2.34. The Hall–Kier alpha value is -3.84. The molecule has 9 nitrogen and oxygen atoms in total. The summed E-state index contributed by atoms with van der Waals surface area (Å²) in [7, 11) is 0. The largest absolute Gasteiger partial charge is 0.437 e. The van der Waals surface area contributed by atoms with E-state index in [0.29, 0.717) is 27.7 Å². The fourth-order valence-electron chi connectivity index (χ4n) is 4.25. The molecule has 5 rings (SSSR count). The molecule has 1 fully saturated rings. The van der Waals surface area contributed by atoms with Crippen LogP contribution in [0.25, 0.3) is 21.5 Å². The first-order chi connectivity index (χ1) is 18.2. The minimum absolute atomic E-state index is 0.0761. The third-order valence-electron chi connectivity index (χ3n) is 6.05. The summed E-state index contributed by atoms with van der Waals surface area (Å²) in [5.41, 5.74) is 0.272. The number of hydrogen-bond donors (Lipinski definition) is 3. The van der Waals surface area contributed by atoms with E-state index in [1.165, 1.54) is 36.7 Å². The van der Waals surface area contributed by atoms with Crippen molar-refractivity contribution in [3.63, 3.8) is 0 Å². The van der Waals surface area contributed by atoms with Gasteiger partial charge in [0, 0.05) is 30.6 Å². The van der Waals surface area contributed by atoms with Gasteiger partial charge in [-0.3, -0.25) is 4.79 Å². The van der Waals surface area contributed by atoms with E-state index in [1.54, 1.807) is 12.1 Å². The number of para-hydroxylation sites is 1. The van der Waals surface area contributed by atoms with Crippen LogP contribution in [-0.4, -0.2) is 44.5 Å². The molecule has 0 saturated carbocycles. The van der Waals surface area contributed by atoms with E-state index in [1.807, 2.05) is 13.0 Å². The smallest absolute Gasteiger partial charge is 0.433 e. The van der Waals surface area contributed by atoms with Crippen LogP contribution >= 0.6 is 11.3 Å². The van der Waals surface area contributed by atoms with Gasteiger partial charge in [0.1, 0.15) is 23.4 Å². The summed E-state index contributed by atoms with van der Waals surface area (Å²) in [6.45, 7) is 4.17. The van der Waals surface area contributed by atoms with Gasteiger partial charge in [-0.1, -0.05) is 17.4 Å². The van der Waals surface area contributed by atoms with Crippen LogP contribution in [0.4, 0.5) is 24.1 Å². The van der Waals surface area contributed by atoms with Gasteiger partial charge in [0.25, 0.3) is 0 Å². The molecule has 13 heteroatoms. The number of rotatable bonds is 7. The number of ether oxygens (including phenoxy) is 1. The van der Waals surface area contributed by atoms with Crippen LogP contribution in [0, 0.1) is 0 Å². The minimum Gasteiger partial charge on any atom is -0.437 e. The van der Waals surface area contributed by atoms with Crippen molar-refractivity contribution >= 4 is 38.4 Å². The monoisotopic (exact) mass is 543 g/mol. The van der Waals surface area contributed by atoms with Gasteiger partial charge in [-0.05, 0) is 50.6 Å². The molecule has 0 spiro atoms. The third kappa shape index (κ3) is 5.68. The Morgan fingerprint density at radius 3 is 2.79 bits per heavy atom. The quantitative estimate of drug-likeness (QED) is 0.281. The lowest BCUT2D eigenvalue weighted by Gasteiger charge is -2.23. The molecular formula is C25H24F3N7O2S. The van der Waals surface area contributed by atoms with Crippen molar-refractivity contribution in [2.75, 3.05) is 17.2 Å². The summed E-state index contributed by atoms with van der Waals surface area (Å²) in [4.78, 5) is 28.2. The molecule has 0 aliphatic carbocycles. The van der Waals surface area contributed by atoms with Gasteiger partial charge in [-0.25, -0.2) is 19.9 Å². The van der Waals surface area contributed by atoms with Crippen LogP contribution in [0.1, 0.15) is 32.4 Å². The van der Waals surface area contributed by atoms with E-state index in [2.05, 4.69) is 35.9 Å². The molecule has 1 aromatic carbocycles. The Bertz CT molecular complexity index is 1470. The SMILES string of the molecule is CC(=O)Nc1nc2c(Oc3cc(-c4ccc(C(F)(F)F)nc4NC(C)C4CCCN4)ncn3)cccc2s1. The lowest BCUT2D eigenvalue weighted by Crippen LogP contribution is -2.38. The lowest BCUT2D eigenvalue weighted by atomic mass is 10.1. The lowest BCUT2D eigenvalue weighted by molar-refractivity contribution is -0.141. The predicted octanol–water partition coefficient (Wildman–Crippen LogP) is 5.47. The number of alkyl halides is 3. The van der Waals surface area contributed by atoms with E-state index < -0.39 is 11.9 Å². The van der Waals surface area contributed by atoms with Gasteiger partial charge in [0.15, 0.2) is 10.9 Å². The number of amides is 1. The highest BCUT2D eigenvalue weighted by Crippen LogP contribution is 2.36. The van der Waals surface area contributed by atoms with E-state index in [0.717, 1.165) is 30.2 Å². The molecule has 2 unspecified atom stereocenters. The van der Waals surface area contributed by atoms with Crippen molar-refractivity contribution in [3.05, 3.63) is 48.4 Å². The summed E-state index contributed by atoms with van der Waals surface area (Å²) in [5, 5.41) is 9.61. The molecule has 1 aliphatic rings. The van der Waals surface area contributed by atoms with Crippen LogP contribution in [0.3, 0.4) is 0 Å². The molecule has 0 bridgehead atoms. The molecule has 3 N–H and O–H groups in total. The van der Waals surface area contributed by atoms with Gasteiger partial charge >= 0.3 is 6.18 Å². The summed E-state index contributed by atoms with van der Waals surface area (Å²) >= 11 is 1.30. The van der Waals surface area contributed by atoms with Crippen molar-refractivity contribution in [1.29, 1.82) is 0 Å². The Kier molecular flexibility index (Phi) is 7.13. The summed E-state index contributed by atoms with van der Waals surface area (Å²) in [6, 6.07) is 9.12. The second-order valence-corrected chi connectivity index (χ2v) is 9.90. The maximum Gasteiger partial charge on any atom is 0.433 e. The van der Waals surface area contributed by atoms with Gasteiger partial charge in [-0.15, -0.1) is 0 Å². The molecule has 3 aromatic heterocycles. The number of halogens is 3. The topological polar surface area (TPSA) is 114 Å². The van der Waals surface area contributed by atoms with Gasteiger partial charge < -0.3 is 20.7 Å². The van der Waals surface area contributed by atoms with Gasteiger partial charge in [0.2, 0.25) is 11.8 Å². The minimum atomic E-state index is -4.59. The fourth-order valence-corrected chi connectivity index (χ4v) is 5.18. The molecule has 1 saturated heterocycles. The summed E-state index contributed by atoms with van der Waals surface area (Å²) in [5.74, 6) is 0.421. The summed E-state index contributed by atoms with van der Waals surface area (Å²) in [6.07, 6.45) is -1.39. The zero-order valence-electron chi connectivity index (χ0n) is 20.5. The average molecular weight is 544 g/mol. The van der Waals surface area contributed by atoms with E-state index in [9.17, 15) is 18.0 Å². The van der Waals surface area contributed by atoms with Gasteiger partial charge in [0.05, 0.1) is 10.4 Å². The number of carbonyl (C=O) groups is 1. The molecule has 2 atom stereocenters. The Morgan fingerprint density at radius 1 is 1.21 bits per heavy atom.